The minimum atomic E-state index is -0.727. The van der Waals surface area contributed by atoms with E-state index in [1.54, 1.807) is 13.3 Å². The summed E-state index contributed by atoms with van der Waals surface area (Å²) in [5.74, 6) is 0.574. The van der Waals surface area contributed by atoms with Gasteiger partial charge in [-0.3, -0.25) is 9.78 Å². The molecule has 2 aromatic rings. The quantitative estimate of drug-likeness (QED) is 0.547. The first kappa shape index (κ1) is 24.8. The fourth-order valence-corrected chi connectivity index (χ4v) is 6.00. The molecule has 2 aliphatic heterocycles. The van der Waals surface area contributed by atoms with Crippen LogP contribution in [0.4, 0.5) is 10.1 Å². The average molecular weight is 498 g/mol. The molecule has 3 heterocycles. The molecular weight excluding hydrogens is 461 g/mol. The Labute approximate surface area is 211 Å². The summed E-state index contributed by atoms with van der Waals surface area (Å²) in [5.41, 5.74) is 2.84. The zero-order chi connectivity index (χ0) is 25.1. The first-order chi connectivity index (χ1) is 17.5. The molecule has 1 fully saturated rings. The normalized spacial score (nSPS) is 22.9. The van der Waals surface area contributed by atoms with Crippen molar-refractivity contribution >= 4 is 22.6 Å². The van der Waals surface area contributed by atoms with Crippen molar-refractivity contribution in [1.82, 2.24) is 9.88 Å². The summed E-state index contributed by atoms with van der Waals surface area (Å²) >= 11 is 0. The first-order valence-electron chi connectivity index (χ1n) is 13.2. The molecule has 0 saturated carbocycles. The molecule has 36 heavy (non-hydrogen) atoms. The van der Waals surface area contributed by atoms with Crippen molar-refractivity contribution < 1.29 is 23.8 Å². The lowest BCUT2D eigenvalue weighted by molar-refractivity contribution is -0.146. The van der Waals surface area contributed by atoms with Gasteiger partial charge < -0.3 is 24.4 Å². The third-order valence-corrected chi connectivity index (χ3v) is 8.11. The number of aromatic nitrogens is 1. The number of fused-ring (bicyclic) bond motifs is 3. The largest absolute Gasteiger partial charge is 0.497 e. The number of carboxylic acid groups (broad SMARTS) is 1. The van der Waals surface area contributed by atoms with Gasteiger partial charge >= 0.3 is 5.97 Å². The summed E-state index contributed by atoms with van der Waals surface area (Å²) in [6, 6.07) is 5.85. The Morgan fingerprint density at radius 1 is 1.25 bits per heavy atom. The molecule has 1 aliphatic carbocycles. The van der Waals surface area contributed by atoms with Gasteiger partial charge in [-0.25, -0.2) is 4.39 Å². The Morgan fingerprint density at radius 2 is 2.11 bits per heavy atom. The second-order valence-corrected chi connectivity index (χ2v) is 10.2. The first-order valence-corrected chi connectivity index (χ1v) is 13.2. The van der Waals surface area contributed by atoms with Gasteiger partial charge in [-0.2, -0.15) is 0 Å². The van der Waals surface area contributed by atoms with Crippen molar-refractivity contribution in [2.24, 2.45) is 11.8 Å². The van der Waals surface area contributed by atoms with Crippen molar-refractivity contribution in [3.63, 3.8) is 0 Å². The van der Waals surface area contributed by atoms with Crippen LogP contribution in [0.3, 0.4) is 0 Å². The van der Waals surface area contributed by atoms with E-state index in [2.05, 4.69) is 14.8 Å². The molecule has 5 rings (SSSR count). The predicted octanol–water partition coefficient (Wildman–Crippen LogP) is 5.04. The van der Waals surface area contributed by atoms with E-state index in [4.69, 9.17) is 9.47 Å². The van der Waals surface area contributed by atoms with E-state index in [9.17, 15) is 14.3 Å². The second kappa shape index (κ2) is 11.0. The third-order valence-electron chi connectivity index (χ3n) is 8.11. The average Bonchev–Trinajstić information content (AvgIpc) is 2.91. The van der Waals surface area contributed by atoms with Crippen molar-refractivity contribution in [2.45, 2.75) is 44.9 Å². The number of piperidine rings is 1. The predicted molar refractivity (Wildman–Crippen MR) is 138 cm³/mol. The van der Waals surface area contributed by atoms with E-state index in [1.165, 1.54) is 0 Å². The summed E-state index contributed by atoms with van der Waals surface area (Å²) in [7, 11) is 1.65. The van der Waals surface area contributed by atoms with Crippen LogP contribution >= 0.6 is 0 Å². The number of carbonyl (C=O) groups is 1. The van der Waals surface area contributed by atoms with Gasteiger partial charge in [0.15, 0.2) is 5.75 Å². The van der Waals surface area contributed by atoms with Gasteiger partial charge in [-0.1, -0.05) is 0 Å². The van der Waals surface area contributed by atoms with Crippen LogP contribution in [0.15, 0.2) is 35.8 Å². The summed E-state index contributed by atoms with van der Waals surface area (Å²) in [6.07, 6.45) is 7.57. The van der Waals surface area contributed by atoms with Crippen LogP contribution in [0.2, 0.25) is 0 Å². The summed E-state index contributed by atoms with van der Waals surface area (Å²) in [5, 5.41) is 11.0. The van der Waals surface area contributed by atoms with E-state index in [-0.39, 0.29) is 11.7 Å². The number of anilines is 1. The Morgan fingerprint density at radius 3 is 2.92 bits per heavy atom. The van der Waals surface area contributed by atoms with Crippen molar-refractivity contribution in [1.29, 1.82) is 0 Å². The molecular formula is C28H36FN3O4. The maximum atomic E-state index is 14.1. The highest BCUT2D eigenvalue weighted by atomic mass is 19.1. The molecule has 0 bridgehead atoms. The van der Waals surface area contributed by atoms with Crippen LogP contribution in [-0.2, 0) is 4.79 Å². The molecule has 0 radical (unpaired) electrons. The minimum Gasteiger partial charge on any atom is -0.497 e. The molecule has 194 valence electrons. The van der Waals surface area contributed by atoms with E-state index >= 15 is 0 Å². The highest BCUT2D eigenvalue weighted by Crippen LogP contribution is 2.39. The van der Waals surface area contributed by atoms with Crippen molar-refractivity contribution in [2.75, 3.05) is 51.3 Å². The number of methoxy groups -OCH3 is 1. The number of halogens is 1. The van der Waals surface area contributed by atoms with Gasteiger partial charge in [0, 0.05) is 25.0 Å². The number of likely N-dealkylation sites (tertiary alicyclic amines) is 1. The number of hydrogen-bond donors (Lipinski definition) is 1. The third kappa shape index (κ3) is 5.28. The molecule has 1 N–H and O–H groups in total. The Balaban J connectivity index is 1.25. The number of ether oxygens (including phenoxy) is 2. The summed E-state index contributed by atoms with van der Waals surface area (Å²) in [4.78, 5) is 21.3. The van der Waals surface area contributed by atoms with E-state index < -0.39 is 11.9 Å². The lowest BCUT2D eigenvalue weighted by atomic mass is 9.82. The van der Waals surface area contributed by atoms with Crippen LogP contribution in [0.5, 0.6) is 11.5 Å². The molecule has 2 atom stereocenters. The van der Waals surface area contributed by atoms with Gasteiger partial charge in [0.05, 0.1) is 42.8 Å². The number of pyridine rings is 1. The van der Waals surface area contributed by atoms with Crippen LogP contribution in [-0.4, -0.2) is 67.4 Å². The van der Waals surface area contributed by atoms with E-state index in [1.807, 2.05) is 18.2 Å². The fraction of sp³-hybridized carbons (Fsp3) is 0.571. The van der Waals surface area contributed by atoms with Crippen molar-refractivity contribution in [3.05, 3.63) is 35.8 Å². The smallest absolute Gasteiger partial charge is 0.308 e. The maximum absolute atomic E-state index is 14.1. The SMILES string of the molecule is COc1ccc2ncc3c(c2c1)N(CC[C@H]1CCN(CCC2=C(F)CCCC2)C[C@H]1C(=O)O)CCO3. The lowest BCUT2D eigenvalue weighted by Gasteiger charge is -2.39. The van der Waals surface area contributed by atoms with Gasteiger partial charge in [-0.05, 0) is 81.2 Å². The van der Waals surface area contributed by atoms with Crippen molar-refractivity contribution in [3.8, 4) is 11.5 Å². The molecule has 0 spiro atoms. The monoisotopic (exact) mass is 497 g/mol. The number of hydrogen-bond acceptors (Lipinski definition) is 6. The van der Waals surface area contributed by atoms with E-state index in [0.29, 0.717) is 19.6 Å². The molecule has 1 aromatic carbocycles. The maximum Gasteiger partial charge on any atom is 0.308 e. The highest BCUT2D eigenvalue weighted by Gasteiger charge is 2.35. The minimum absolute atomic E-state index is 0.0667. The zero-order valence-corrected chi connectivity index (χ0v) is 21.0. The van der Waals surface area contributed by atoms with E-state index in [0.717, 1.165) is 98.4 Å². The Kier molecular flexibility index (Phi) is 7.60. The number of carboxylic acids is 1. The summed E-state index contributed by atoms with van der Waals surface area (Å²) in [6.45, 7) is 4.25. The van der Waals surface area contributed by atoms with Gasteiger partial charge in [0.1, 0.15) is 12.4 Å². The fourth-order valence-electron chi connectivity index (χ4n) is 6.00. The van der Waals surface area contributed by atoms with Crippen LogP contribution in [0.25, 0.3) is 10.9 Å². The number of allylic oxidation sites excluding steroid dienone is 1. The van der Waals surface area contributed by atoms with Gasteiger partial charge in [-0.15, -0.1) is 0 Å². The molecule has 0 unspecified atom stereocenters. The van der Waals surface area contributed by atoms with Crippen LogP contribution in [0.1, 0.15) is 44.9 Å². The zero-order valence-electron chi connectivity index (χ0n) is 21.0. The Hall–Kier alpha value is -2.87. The molecule has 8 heteroatoms. The standard InChI is InChI=1S/C28H36FN3O4/c1-35-21-6-7-25-22(16-21)27-26(17-30-25)36-15-14-32(27)13-10-19-8-11-31(18-23(19)28(33)34)12-9-20-4-2-3-5-24(20)29/h6-7,16-17,19,23H,2-5,8-15,18H2,1H3,(H,33,34)/t19-,23-/m1/s1. The number of aliphatic carboxylic acids is 1. The molecule has 0 amide bonds. The Bertz CT molecular complexity index is 1130. The second-order valence-electron chi connectivity index (χ2n) is 10.2. The van der Waals surface area contributed by atoms with Crippen LogP contribution < -0.4 is 14.4 Å². The van der Waals surface area contributed by atoms with Crippen LogP contribution in [0, 0.1) is 11.8 Å². The lowest BCUT2D eigenvalue weighted by Crippen LogP contribution is -2.45. The summed E-state index contributed by atoms with van der Waals surface area (Å²) < 4.78 is 25.5. The molecule has 1 aromatic heterocycles. The number of benzene rings is 1. The molecule has 1 saturated heterocycles. The number of nitrogens with zero attached hydrogens (tertiary/aromatic N) is 3. The molecule has 3 aliphatic rings. The number of rotatable bonds is 8. The van der Waals surface area contributed by atoms with Gasteiger partial charge in [0.2, 0.25) is 0 Å². The highest BCUT2D eigenvalue weighted by molar-refractivity contribution is 5.96. The van der Waals surface area contributed by atoms with Gasteiger partial charge in [0.25, 0.3) is 0 Å². The molecule has 7 nitrogen and oxygen atoms in total. The topological polar surface area (TPSA) is 75.1 Å².